The SMILES string of the molecule is O=C1c2ccccc2C(=O)C1c1ccc2cc(S(=O)(=O)O)cc(S(=O)(=O)O)c2n1.[H-].[Na+]. The average molecular weight is 457 g/mol. The molecule has 0 amide bonds. The second kappa shape index (κ2) is 7.61. The molecule has 4 rings (SSSR count). The molecule has 30 heavy (non-hydrogen) atoms. The third-order valence-electron chi connectivity index (χ3n) is 4.61. The number of rotatable bonds is 3. The molecule has 1 aliphatic carbocycles. The van der Waals surface area contributed by atoms with E-state index in [-0.39, 0.29) is 58.7 Å². The minimum Gasteiger partial charge on any atom is -1.00 e. The van der Waals surface area contributed by atoms with E-state index in [0.717, 1.165) is 6.07 Å². The van der Waals surface area contributed by atoms with Crippen LogP contribution in [0.5, 0.6) is 0 Å². The van der Waals surface area contributed by atoms with Crippen LogP contribution in [0.2, 0.25) is 0 Å². The van der Waals surface area contributed by atoms with Gasteiger partial charge in [0.05, 0.1) is 16.1 Å². The number of Topliss-reactive ketones (excluding diaryl/α,β-unsaturated/α-hetero) is 2. The van der Waals surface area contributed by atoms with Crippen LogP contribution in [-0.4, -0.2) is 42.5 Å². The fraction of sp³-hybridized carbons (Fsp3) is 0.0556. The maximum atomic E-state index is 12.7. The molecule has 0 spiro atoms. The first kappa shape index (κ1) is 22.7. The molecule has 9 nitrogen and oxygen atoms in total. The molecule has 0 radical (unpaired) electrons. The Labute approximate surface area is 194 Å². The van der Waals surface area contributed by atoms with E-state index in [1.807, 2.05) is 0 Å². The van der Waals surface area contributed by atoms with Crippen LogP contribution in [0.25, 0.3) is 10.9 Å². The third-order valence-corrected chi connectivity index (χ3v) is 6.30. The first-order valence-electron chi connectivity index (χ1n) is 8.05. The summed E-state index contributed by atoms with van der Waals surface area (Å²) >= 11 is 0. The maximum Gasteiger partial charge on any atom is 1.00 e. The monoisotopic (exact) mass is 457 g/mol. The molecule has 150 valence electrons. The van der Waals surface area contributed by atoms with Gasteiger partial charge in [0.1, 0.15) is 10.8 Å². The third kappa shape index (κ3) is 3.73. The molecule has 3 aromatic rings. The van der Waals surface area contributed by atoms with Crippen LogP contribution < -0.4 is 29.6 Å². The summed E-state index contributed by atoms with van der Waals surface area (Å²) in [4.78, 5) is 27.8. The minimum absolute atomic E-state index is 0. The largest absolute Gasteiger partial charge is 1.00 e. The van der Waals surface area contributed by atoms with Crippen molar-refractivity contribution in [3.8, 4) is 0 Å². The van der Waals surface area contributed by atoms with Gasteiger partial charge in [-0.2, -0.15) is 16.8 Å². The number of nitrogens with zero attached hydrogens (tertiary/aromatic N) is 1. The number of carbonyl (C=O) groups is 2. The van der Waals surface area contributed by atoms with Crippen LogP contribution in [0.4, 0.5) is 0 Å². The van der Waals surface area contributed by atoms with Crippen molar-refractivity contribution in [3.05, 3.63) is 65.4 Å². The van der Waals surface area contributed by atoms with Crippen LogP contribution in [0, 0.1) is 0 Å². The van der Waals surface area contributed by atoms with Crippen molar-refractivity contribution in [1.82, 2.24) is 4.98 Å². The summed E-state index contributed by atoms with van der Waals surface area (Å²) in [7, 11) is -9.71. The topological polar surface area (TPSA) is 156 Å². The minimum atomic E-state index is -4.94. The summed E-state index contributed by atoms with van der Waals surface area (Å²) < 4.78 is 65.1. The van der Waals surface area contributed by atoms with E-state index in [1.54, 1.807) is 12.1 Å². The Morgan fingerprint density at radius 3 is 1.90 bits per heavy atom. The van der Waals surface area contributed by atoms with Crippen LogP contribution in [0.3, 0.4) is 0 Å². The molecule has 2 aromatic carbocycles. The molecule has 0 unspecified atom stereocenters. The van der Waals surface area contributed by atoms with Crippen molar-refractivity contribution in [2.24, 2.45) is 0 Å². The second-order valence-corrected chi connectivity index (χ2v) is 9.20. The van der Waals surface area contributed by atoms with Crippen molar-refractivity contribution in [2.75, 3.05) is 0 Å². The number of carbonyl (C=O) groups excluding carboxylic acids is 2. The molecule has 0 saturated heterocycles. The molecule has 0 saturated carbocycles. The summed E-state index contributed by atoms with van der Waals surface area (Å²) in [5.41, 5.74) is 0.0596. The van der Waals surface area contributed by atoms with Crippen molar-refractivity contribution >= 4 is 42.7 Å². The van der Waals surface area contributed by atoms with Gasteiger partial charge in [-0.3, -0.25) is 23.7 Å². The number of hydrogen-bond donors (Lipinski definition) is 2. The van der Waals surface area contributed by atoms with Crippen LogP contribution in [-0.2, 0) is 20.2 Å². The molecule has 2 N–H and O–H groups in total. The van der Waals surface area contributed by atoms with E-state index < -0.39 is 47.5 Å². The molecule has 0 atom stereocenters. The van der Waals surface area contributed by atoms with Crippen LogP contribution in [0.1, 0.15) is 33.8 Å². The first-order valence-corrected chi connectivity index (χ1v) is 10.9. The Morgan fingerprint density at radius 2 is 1.40 bits per heavy atom. The Hall–Kier alpha value is -1.99. The van der Waals surface area contributed by atoms with E-state index >= 15 is 0 Å². The molecule has 0 bridgehead atoms. The standard InChI is InChI=1S/C18H11NO8S2.Na.H/c20-17-11-3-1-2-4-12(11)18(21)15(17)13-6-5-9-7-10(28(22,23)24)8-14(16(9)19-13)29(25,26)27;;/h1-8,15H,(H,22,23,24)(H,25,26,27);;/q;+1;-1. The van der Waals surface area contributed by atoms with Gasteiger partial charge in [0.25, 0.3) is 20.2 Å². The number of hydrogen-bond acceptors (Lipinski definition) is 7. The average Bonchev–Trinajstić information content (AvgIpc) is 2.90. The first-order chi connectivity index (χ1) is 13.5. The summed E-state index contributed by atoms with van der Waals surface area (Å²) in [5.74, 6) is -2.28. The predicted octanol–water partition coefficient (Wildman–Crippen LogP) is -0.992. The van der Waals surface area contributed by atoms with Gasteiger partial charge in [-0.25, -0.2) is 0 Å². The smallest absolute Gasteiger partial charge is 1.00 e. The number of ketones is 2. The quantitative estimate of drug-likeness (QED) is 0.286. The number of fused-ring (bicyclic) bond motifs is 2. The Kier molecular flexibility index (Phi) is 5.75. The zero-order valence-electron chi connectivity index (χ0n) is 16.3. The molecule has 1 heterocycles. The van der Waals surface area contributed by atoms with E-state index in [2.05, 4.69) is 4.98 Å². The summed E-state index contributed by atoms with van der Waals surface area (Å²) in [6.45, 7) is 0. The maximum absolute atomic E-state index is 12.7. The molecular formula is C18H12NNaO8S2. The summed E-state index contributed by atoms with van der Waals surface area (Å²) in [6.07, 6.45) is 0. The molecular weight excluding hydrogens is 445 g/mol. The van der Waals surface area contributed by atoms with Crippen molar-refractivity contribution in [2.45, 2.75) is 15.7 Å². The second-order valence-electron chi connectivity index (χ2n) is 6.39. The number of benzene rings is 2. The molecule has 0 fully saturated rings. The Bertz CT molecular complexity index is 1420. The van der Waals surface area contributed by atoms with E-state index in [0.29, 0.717) is 6.07 Å². The van der Waals surface area contributed by atoms with E-state index in [4.69, 9.17) is 0 Å². The summed E-state index contributed by atoms with van der Waals surface area (Å²) in [6, 6.07) is 10.3. The van der Waals surface area contributed by atoms with Crippen molar-refractivity contribution < 1.29 is 66.5 Å². The zero-order valence-corrected chi connectivity index (χ0v) is 18.9. The van der Waals surface area contributed by atoms with E-state index in [1.165, 1.54) is 24.3 Å². The van der Waals surface area contributed by atoms with Gasteiger partial charge in [0.15, 0.2) is 11.6 Å². The fourth-order valence-electron chi connectivity index (χ4n) is 3.31. The van der Waals surface area contributed by atoms with Crippen LogP contribution >= 0.6 is 0 Å². The van der Waals surface area contributed by atoms with Crippen molar-refractivity contribution in [1.29, 1.82) is 0 Å². The molecule has 1 aliphatic rings. The zero-order chi connectivity index (χ0) is 21.1. The van der Waals surface area contributed by atoms with Gasteiger partial charge in [-0.15, -0.1) is 0 Å². The van der Waals surface area contributed by atoms with Gasteiger partial charge in [0, 0.05) is 16.5 Å². The predicted molar refractivity (Wildman–Crippen MR) is 100 cm³/mol. The Balaban J connectivity index is 0.00000171. The molecule has 0 aliphatic heterocycles. The number of aromatic nitrogens is 1. The van der Waals surface area contributed by atoms with Crippen LogP contribution in [0.15, 0.2) is 58.3 Å². The van der Waals surface area contributed by atoms with Gasteiger partial charge in [0.2, 0.25) is 0 Å². The van der Waals surface area contributed by atoms with Gasteiger partial charge in [-0.1, -0.05) is 30.3 Å². The van der Waals surface area contributed by atoms with Gasteiger partial charge < -0.3 is 1.43 Å². The van der Waals surface area contributed by atoms with E-state index in [9.17, 15) is 35.5 Å². The number of pyridine rings is 1. The fourth-order valence-corrected chi connectivity index (χ4v) is 4.61. The van der Waals surface area contributed by atoms with Crippen molar-refractivity contribution in [3.63, 3.8) is 0 Å². The summed E-state index contributed by atoms with van der Waals surface area (Å²) in [5, 5.41) is -0.0353. The van der Waals surface area contributed by atoms with Gasteiger partial charge in [-0.05, 0) is 18.2 Å². The van der Waals surface area contributed by atoms with Gasteiger partial charge >= 0.3 is 29.6 Å². The Morgan fingerprint density at radius 1 is 0.833 bits per heavy atom. The molecule has 12 heteroatoms. The molecule has 1 aromatic heterocycles. The normalized spacial score (nSPS) is 14.6.